The van der Waals surface area contributed by atoms with Gasteiger partial charge in [-0.1, -0.05) is 6.92 Å². The molecule has 1 rings (SSSR count). The fourth-order valence-corrected chi connectivity index (χ4v) is 3.79. The van der Waals surface area contributed by atoms with E-state index in [0.29, 0.717) is 6.42 Å². The zero-order valence-electron chi connectivity index (χ0n) is 9.72. The van der Waals surface area contributed by atoms with Gasteiger partial charge in [-0.15, -0.1) is 0 Å². The van der Waals surface area contributed by atoms with Gasteiger partial charge in [-0.05, 0) is 19.8 Å². The van der Waals surface area contributed by atoms with Crippen LogP contribution < -0.4 is 0 Å². The first-order valence-electron chi connectivity index (χ1n) is 5.53. The quantitative estimate of drug-likeness (QED) is 0.748. The lowest BCUT2D eigenvalue weighted by Crippen LogP contribution is -2.47. The maximum Gasteiger partial charge on any atom is 0.248 e. The van der Waals surface area contributed by atoms with E-state index >= 15 is 0 Å². The molecule has 0 aromatic rings. The van der Waals surface area contributed by atoms with Crippen LogP contribution in [-0.4, -0.2) is 54.5 Å². The first-order chi connectivity index (χ1) is 7.41. The fourth-order valence-electron chi connectivity index (χ4n) is 2.08. The van der Waals surface area contributed by atoms with Crippen molar-refractivity contribution in [3.05, 3.63) is 0 Å². The first-order valence-corrected chi connectivity index (χ1v) is 7.36. The number of nitrogens with zero attached hydrogens (tertiary/aromatic N) is 1. The number of carbonyl (C=O) groups excluding carboxylic acids is 1. The Labute approximate surface area is 96.4 Å². The summed E-state index contributed by atoms with van der Waals surface area (Å²) in [4.78, 5) is 13.1. The van der Waals surface area contributed by atoms with Crippen molar-refractivity contribution in [3.8, 4) is 0 Å². The molecule has 1 saturated heterocycles. The van der Waals surface area contributed by atoms with Gasteiger partial charge in [-0.2, -0.15) is 0 Å². The Kier molecular flexibility index (Phi) is 4.32. The lowest BCUT2D eigenvalue weighted by Gasteiger charge is -2.33. The minimum atomic E-state index is -3.00. The molecular formula is C10H19NO4S. The number of carbonyl (C=O) groups is 1. The van der Waals surface area contributed by atoms with Gasteiger partial charge in [0.2, 0.25) is 5.91 Å². The van der Waals surface area contributed by atoms with Gasteiger partial charge < -0.3 is 10.0 Å². The van der Waals surface area contributed by atoms with Gasteiger partial charge in [0.05, 0.1) is 11.5 Å². The molecule has 0 bridgehead atoms. The monoisotopic (exact) mass is 249 g/mol. The van der Waals surface area contributed by atoms with Gasteiger partial charge in [0.25, 0.3) is 0 Å². The second-order valence-electron chi connectivity index (χ2n) is 4.27. The first kappa shape index (κ1) is 13.4. The molecule has 1 fully saturated rings. The molecule has 1 aliphatic heterocycles. The lowest BCUT2D eigenvalue weighted by atomic mass is 10.1. The SMILES string of the molecule is CCC(C)N(C(=O)CO)C1CCS(=O)(=O)C1. The van der Waals surface area contributed by atoms with Crippen molar-refractivity contribution in [2.24, 2.45) is 0 Å². The molecule has 0 radical (unpaired) electrons. The van der Waals surface area contributed by atoms with Crippen molar-refractivity contribution >= 4 is 15.7 Å². The van der Waals surface area contributed by atoms with Crippen LogP contribution in [0.4, 0.5) is 0 Å². The number of amides is 1. The van der Waals surface area contributed by atoms with E-state index in [2.05, 4.69) is 0 Å². The van der Waals surface area contributed by atoms with E-state index in [4.69, 9.17) is 5.11 Å². The molecule has 1 N–H and O–H groups in total. The Morgan fingerprint density at radius 1 is 1.56 bits per heavy atom. The maximum absolute atomic E-state index is 11.6. The Morgan fingerprint density at radius 2 is 2.19 bits per heavy atom. The van der Waals surface area contributed by atoms with E-state index in [1.54, 1.807) is 0 Å². The Balaban J connectivity index is 2.82. The highest BCUT2D eigenvalue weighted by Crippen LogP contribution is 2.21. The number of aliphatic hydroxyl groups is 1. The van der Waals surface area contributed by atoms with E-state index in [1.807, 2.05) is 13.8 Å². The Morgan fingerprint density at radius 3 is 2.56 bits per heavy atom. The van der Waals surface area contributed by atoms with Crippen molar-refractivity contribution in [1.82, 2.24) is 4.90 Å². The molecule has 2 unspecified atom stereocenters. The van der Waals surface area contributed by atoms with Gasteiger partial charge in [-0.3, -0.25) is 4.79 Å². The van der Waals surface area contributed by atoms with Crippen molar-refractivity contribution in [2.45, 2.75) is 38.8 Å². The molecule has 6 heteroatoms. The zero-order valence-corrected chi connectivity index (χ0v) is 10.5. The predicted molar refractivity (Wildman–Crippen MR) is 60.7 cm³/mol. The van der Waals surface area contributed by atoms with Crippen LogP contribution in [0, 0.1) is 0 Å². The second-order valence-corrected chi connectivity index (χ2v) is 6.50. The van der Waals surface area contributed by atoms with Crippen LogP contribution in [0.1, 0.15) is 26.7 Å². The summed E-state index contributed by atoms with van der Waals surface area (Å²) >= 11 is 0. The second kappa shape index (κ2) is 5.14. The third-order valence-corrected chi connectivity index (χ3v) is 4.84. The molecule has 0 spiro atoms. The molecule has 0 aliphatic carbocycles. The van der Waals surface area contributed by atoms with Gasteiger partial charge in [0.15, 0.2) is 9.84 Å². The molecule has 94 valence electrons. The van der Waals surface area contributed by atoms with E-state index in [9.17, 15) is 13.2 Å². The summed E-state index contributed by atoms with van der Waals surface area (Å²) in [5, 5.41) is 8.90. The number of aliphatic hydroxyl groups excluding tert-OH is 1. The largest absolute Gasteiger partial charge is 0.387 e. The van der Waals surface area contributed by atoms with E-state index in [0.717, 1.165) is 6.42 Å². The number of rotatable bonds is 4. The summed E-state index contributed by atoms with van der Waals surface area (Å²) in [6.45, 7) is 3.26. The summed E-state index contributed by atoms with van der Waals surface area (Å²) in [7, 11) is -3.00. The fraction of sp³-hybridized carbons (Fsp3) is 0.900. The minimum Gasteiger partial charge on any atom is -0.387 e. The number of hydrogen-bond acceptors (Lipinski definition) is 4. The highest BCUT2D eigenvalue weighted by molar-refractivity contribution is 7.91. The van der Waals surface area contributed by atoms with Crippen LogP contribution in [0.3, 0.4) is 0 Å². The molecule has 0 aromatic carbocycles. The highest BCUT2D eigenvalue weighted by Gasteiger charge is 2.36. The standard InChI is InChI=1S/C10H19NO4S/c1-3-8(2)11(10(13)6-12)9-4-5-16(14,15)7-9/h8-9,12H,3-7H2,1-2H3. The van der Waals surface area contributed by atoms with E-state index in [1.165, 1.54) is 4.90 Å². The maximum atomic E-state index is 11.6. The van der Waals surface area contributed by atoms with Gasteiger partial charge in [0, 0.05) is 12.1 Å². The summed E-state index contributed by atoms with van der Waals surface area (Å²) in [5.41, 5.74) is 0. The Bertz CT molecular complexity index is 352. The summed E-state index contributed by atoms with van der Waals surface area (Å²) in [6.07, 6.45) is 1.24. The van der Waals surface area contributed by atoms with Crippen LogP contribution in [0.2, 0.25) is 0 Å². The number of hydrogen-bond donors (Lipinski definition) is 1. The molecule has 0 aromatic heterocycles. The van der Waals surface area contributed by atoms with Crippen molar-refractivity contribution in [2.75, 3.05) is 18.1 Å². The predicted octanol–water partition coefficient (Wildman–Crippen LogP) is -0.207. The van der Waals surface area contributed by atoms with Crippen molar-refractivity contribution < 1.29 is 18.3 Å². The third kappa shape index (κ3) is 2.95. The summed E-state index contributed by atoms with van der Waals surface area (Å²) in [6, 6.07) is -0.294. The smallest absolute Gasteiger partial charge is 0.248 e. The third-order valence-electron chi connectivity index (χ3n) is 3.09. The molecule has 5 nitrogen and oxygen atoms in total. The van der Waals surface area contributed by atoms with Gasteiger partial charge in [0.1, 0.15) is 6.61 Å². The molecular weight excluding hydrogens is 230 g/mol. The van der Waals surface area contributed by atoms with Crippen molar-refractivity contribution in [3.63, 3.8) is 0 Å². The zero-order chi connectivity index (χ0) is 12.3. The van der Waals surface area contributed by atoms with Crippen LogP contribution in [0.15, 0.2) is 0 Å². The van der Waals surface area contributed by atoms with Crippen LogP contribution in [-0.2, 0) is 14.6 Å². The average molecular weight is 249 g/mol. The molecule has 0 saturated carbocycles. The van der Waals surface area contributed by atoms with Crippen LogP contribution in [0.5, 0.6) is 0 Å². The highest BCUT2D eigenvalue weighted by atomic mass is 32.2. The number of sulfone groups is 1. The summed E-state index contributed by atoms with van der Waals surface area (Å²) in [5.74, 6) is -0.205. The van der Waals surface area contributed by atoms with E-state index in [-0.39, 0.29) is 29.5 Å². The topological polar surface area (TPSA) is 74.7 Å². The molecule has 1 heterocycles. The summed E-state index contributed by atoms with van der Waals surface area (Å²) < 4.78 is 22.7. The molecule has 2 atom stereocenters. The van der Waals surface area contributed by atoms with Gasteiger partial charge in [-0.25, -0.2) is 8.42 Å². The minimum absolute atomic E-state index is 0.0297. The van der Waals surface area contributed by atoms with Crippen molar-refractivity contribution in [1.29, 1.82) is 0 Å². The average Bonchev–Trinajstić information content (AvgIpc) is 2.58. The Hall–Kier alpha value is -0.620. The van der Waals surface area contributed by atoms with Crippen LogP contribution in [0.25, 0.3) is 0 Å². The molecule has 1 amide bonds. The van der Waals surface area contributed by atoms with Crippen LogP contribution >= 0.6 is 0 Å². The molecule has 16 heavy (non-hydrogen) atoms. The van der Waals surface area contributed by atoms with Gasteiger partial charge >= 0.3 is 0 Å². The van der Waals surface area contributed by atoms with E-state index < -0.39 is 16.4 Å². The normalized spacial score (nSPS) is 25.3. The molecule has 1 aliphatic rings. The lowest BCUT2D eigenvalue weighted by molar-refractivity contribution is -0.138.